The highest BCUT2D eigenvalue weighted by atomic mass is 19.1. The molecule has 0 amide bonds. The quantitative estimate of drug-likeness (QED) is 0.335. The van der Waals surface area contributed by atoms with Crippen molar-refractivity contribution < 1.29 is 8.78 Å². The van der Waals surface area contributed by atoms with Crippen molar-refractivity contribution >= 4 is 0 Å². The third-order valence-corrected chi connectivity index (χ3v) is 7.11. The molecule has 0 unspecified atom stereocenters. The Balaban J connectivity index is 1.46. The van der Waals surface area contributed by atoms with Crippen molar-refractivity contribution in [3.05, 3.63) is 105 Å². The van der Waals surface area contributed by atoms with Crippen molar-refractivity contribution in [1.82, 2.24) is 0 Å². The molecule has 1 aliphatic rings. The van der Waals surface area contributed by atoms with Crippen molar-refractivity contribution in [2.75, 3.05) is 0 Å². The first kappa shape index (κ1) is 24.8. The van der Waals surface area contributed by atoms with Gasteiger partial charge in [0.25, 0.3) is 0 Å². The van der Waals surface area contributed by atoms with Crippen LogP contribution >= 0.6 is 0 Å². The summed E-state index contributed by atoms with van der Waals surface area (Å²) in [4.78, 5) is 0. The molecular weight excluding hydrogens is 434 g/mol. The van der Waals surface area contributed by atoms with E-state index in [1.165, 1.54) is 56.7 Å². The predicted molar refractivity (Wildman–Crippen MR) is 140 cm³/mol. The van der Waals surface area contributed by atoms with Gasteiger partial charge in [0.2, 0.25) is 0 Å². The highest BCUT2D eigenvalue weighted by Gasteiger charge is 2.18. The van der Waals surface area contributed by atoms with E-state index in [-0.39, 0.29) is 5.56 Å². The minimum absolute atomic E-state index is 0.0133. The Hall–Kier alpha value is -3.36. The maximum Gasteiger partial charge on any atom is 0.130 e. The molecule has 0 atom stereocenters. The highest BCUT2D eigenvalue weighted by molar-refractivity contribution is 5.55. The Morgan fingerprint density at radius 3 is 1.80 bits per heavy atom. The molecule has 1 fully saturated rings. The number of aryl methyl sites for hydroxylation is 2. The van der Waals surface area contributed by atoms with Gasteiger partial charge < -0.3 is 0 Å². The van der Waals surface area contributed by atoms with Gasteiger partial charge in [-0.25, -0.2) is 8.78 Å². The second kappa shape index (κ2) is 10.9. The van der Waals surface area contributed by atoms with E-state index in [2.05, 4.69) is 54.9 Å². The number of halogens is 2. The zero-order valence-electron chi connectivity index (χ0n) is 21.1. The Morgan fingerprint density at radius 2 is 1.20 bits per heavy atom. The van der Waals surface area contributed by atoms with Crippen LogP contribution in [-0.4, -0.2) is 0 Å². The molecule has 0 nitrogen and oxygen atoms in total. The van der Waals surface area contributed by atoms with E-state index in [1.807, 2.05) is 26.0 Å². The summed E-state index contributed by atoms with van der Waals surface area (Å²) in [6.07, 6.45) is 6.59. The summed E-state index contributed by atoms with van der Waals surface area (Å²) in [6, 6.07) is 15.2. The van der Waals surface area contributed by atoms with E-state index in [0.29, 0.717) is 5.56 Å². The van der Waals surface area contributed by atoms with Crippen LogP contribution in [0.4, 0.5) is 8.78 Å². The van der Waals surface area contributed by atoms with Crippen LogP contribution in [0.2, 0.25) is 0 Å². The molecule has 3 aromatic rings. The van der Waals surface area contributed by atoms with Crippen molar-refractivity contribution in [3.8, 4) is 23.7 Å². The summed E-state index contributed by atoms with van der Waals surface area (Å²) in [7, 11) is 0. The maximum absolute atomic E-state index is 13.8. The van der Waals surface area contributed by atoms with Gasteiger partial charge in [-0.15, -0.1) is 0 Å². The minimum Gasteiger partial charge on any atom is -0.207 e. The molecule has 2 heteroatoms. The van der Waals surface area contributed by atoms with Crippen molar-refractivity contribution in [2.45, 2.75) is 59.8 Å². The lowest BCUT2D eigenvalue weighted by molar-refractivity contribution is 0.289. The van der Waals surface area contributed by atoms with Crippen LogP contribution in [0.15, 0.2) is 48.5 Å². The first-order valence-electron chi connectivity index (χ1n) is 12.5. The van der Waals surface area contributed by atoms with Crippen molar-refractivity contribution in [3.63, 3.8) is 0 Å². The first-order valence-corrected chi connectivity index (χ1v) is 12.5. The molecule has 0 saturated heterocycles. The van der Waals surface area contributed by atoms with Crippen LogP contribution in [0.5, 0.6) is 0 Å². The Kier molecular flexibility index (Phi) is 7.73. The molecule has 178 valence electrons. The topological polar surface area (TPSA) is 0 Å². The van der Waals surface area contributed by atoms with E-state index in [0.717, 1.165) is 39.7 Å². The van der Waals surface area contributed by atoms with E-state index in [4.69, 9.17) is 0 Å². The van der Waals surface area contributed by atoms with Crippen molar-refractivity contribution in [1.29, 1.82) is 0 Å². The van der Waals surface area contributed by atoms with E-state index in [9.17, 15) is 8.78 Å². The normalized spacial score (nSPS) is 17.2. The summed E-state index contributed by atoms with van der Waals surface area (Å²) >= 11 is 0. The summed E-state index contributed by atoms with van der Waals surface area (Å²) in [5, 5.41) is 0. The fraction of sp³-hybridized carbons (Fsp3) is 0.333. The number of benzene rings is 3. The SMILES string of the molecule is Cc1cc(C#Cc2ccc(CC3CCC(C)CC3)cc2)cc(C)c1C#Cc1cc(F)c(C)c(F)c1. The predicted octanol–water partition coefficient (Wildman–Crippen LogP) is 8.06. The molecule has 4 rings (SSSR count). The summed E-state index contributed by atoms with van der Waals surface area (Å²) in [6.45, 7) is 7.75. The Morgan fingerprint density at radius 1 is 0.686 bits per heavy atom. The van der Waals surface area contributed by atoms with Gasteiger partial charge in [0.05, 0.1) is 0 Å². The lowest BCUT2D eigenvalue weighted by atomic mass is 9.80. The molecule has 0 bridgehead atoms. The van der Waals surface area contributed by atoms with Gasteiger partial charge in [0, 0.05) is 27.8 Å². The lowest BCUT2D eigenvalue weighted by Gasteiger charge is -2.26. The molecule has 35 heavy (non-hydrogen) atoms. The molecule has 0 heterocycles. The average Bonchev–Trinajstić information content (AvgIpc) is 2.83. The fourth-order valence-corrected chi connectivity index (χ4v) is 4.82. The van der Waals surface area contributed by atoms with Gasteiger partial charge >= 0.3 is 0 Å². The molecule has 0 aliphatic heterocycles. The minimum atomic E-state index is -0.579. The number of hydrogen-bond donors (Lipinski definition) is 0. The molecule has 0 N–H and O–H groups in total. The second-order valence-electron chi connectivity index (χ2n) is 10.1. The summed E-state index contributed by atoms with van der Waals surface area (Å²) in [5.74, 6) is 13.1. The third kappa shape index (κ3) is 6.41. The monoisotopic (exact) mass is 466 g/mol. The Labute approximate surface area is 208 Å². The van der Waals surface area contributed by atoms with Gasteiger partial charge in [-0.05, 0) is 105 Å². The van der Waals surface area contributed by atoms with Gasteiger partial charge in [-0.1, -0.05) is 55.6 Å². The molecule has 0 radical (unpaired) electrons. The van der Waals surface area contributed by atoms with Crippen LogP contribution in [0.3, 0.4) is 0 Å². The zero-order chi connectivity index (χ0) is 24.9. The molecule has 3 aromatic carbocycles. The van der Waals surface area contributed by atoms with Crippen LogP contribution in [-0.2, 0) is 6.42 Å². The smallest absolute Gasteiger partial charge is 0.130 e. The fourth-order valence-electron chi connectivity index (χ4n) is 4.82. The molecular formula is C33H32F2. The van der Waals surface area contributed by atoms with Gasteiger partial charge in [0.15, 0.2) is 0 Å². The average molecular weight is 467 g/mol. The molecule has 1 saturated carbocycles. The van der Waals surface area contributed by atoms with Crippen LogP contribution < -0.4 is 0 Å². The molecule has 0 aromatic heterocycles. The first-order chi connectivity index (χ1) is 16.8. The van der Waals surface area contributed by atoms with Crippen LogP contribution in [0, 0.1) is 67.9 Å². The van der Waals surface area contributed by atoms with Crippen molar-refractivity contribution in [2.24, 2.45) is 11.8 Å². The van der Waals surface area contributed by atoms with E-state index < -0.39 is 11.6 Å². The lowest BCUT2D eigenvalue weighted by Crippen LogP contribution is -2.14. The zero-order valence-corrected chi connectivity index (χ0v) is 21.1. The van der Waals surface area contributed by atoms with E-state index in [1.54, 1.807) is 0 Å². The van der Waals surface area contributed by atoms with E-state index >= 15 is 0 Å². The van der Waals surface area contributed by atoms with Crippen LogP contribution in [0.1, 0.15) is 77.1 Å². The standard InChI is InChI=1S/C33H32F2/c1-22-5-7-27(8-6-22)19-28-12-9-26(10-13-28)11-14-29-17-23(2)31(24(3)18-29)16-15-30-20-32(34)25(4)33(35)21-30/h9-10,12-13,17-18,20-22,27H,5-8,19H2,1-4H3. The third-order valence-electron chi connectivity index (χ3n) is 7.11. The van der Waals surface area contributed by atoms with Crippen LogP contribution in [0.25, 0.3) is 0 Å². The second-order valence-corrected chi connectivity index (χ2v) is 10.1. The Bertz CT molecular complexity index is 1290. The van der Waals surface area contributed by atoms with Gasteiger partial charge in [0.1, 0.15) is 11.6 Å². The molecule has 1 aliphatic carbocycles. The number of hydrogen-bond acceptors (Lipinski definition) is 0. The largest absolute Gasteiger partial charge is 0.207 e. The maximum atomic E-state index is 13.8. The summed E-state index contributed by atoms with van der Waals surface area (Å²) < 4.78 is 27.6. The van der Waals surface area contributed by atoms with Gasteiger partial charge in [-0.2, -0.15) is 0 Å². The number of rotatable bonds is 2. The molecule has 0 spiro atoms. The highest BCUT2D eigenvalue weighted by Crippen LogP contribution is 2.30. The summed E-state index contributed by atoms with van der Waals surface area (Å²) in [5.41, 5.74) is 6.52. The van der Waals surface area contributed by atoms with Gasteiger partial charge in [-0.3, -0.25) is 0 Å².